The van der Waals surface area contributed by atoms with Gasteiger partial charge in [0.15, 0.2) is 0 Å². The Hall–Kier alpha value is 1.67. The molecule has 6 nitrogen and oxygen atoms in total. The van der Waals surface area contributed by atoms with Gasteiger partial charge in [-0.3, -0.25) is 0 Å². The van der Waals surface area contributed by atoms with Crippen molar-refractivity contribution in [1.82, 2.24) is 0 Å². The van der Waals surface area contributed by atoms with Crippen molar-refractivity contribution in [2.45, 2.75) is 66.5 Å². The molecule has 0 aromatic heterocycles. The second-order valence-corrected chi connectivity index (χ2v) is 27.3. The van der Waals surface area contributed by atoms with Crippen molar-refractivity contribution in [3.05, 3.63) is 0 Å². The Labute approximate surface area is 207 Å². The fourth-order valence-corrected chi connectivity index (χ4v) is 17.6. The van der Waals surface area contributed by atoms with Gasteiger partial charge in [-0.2, -0.15) is 0 Å². The summed E-state index contributed by atoms with van der Waals surface area (Å²) >= 11 is 9.03. The van der Waals surface area contributed by atoms with Gasteiger partial charge in [-0.25, -0.2) is 0 Å². The van der Waals surface area contributed by atoms with E-state index < -0.39 is 22.5 Å². The zero-order chi connectivity index (χ0) is 23.6. The molecule has 0 unspecified atom stereocenters. The van der Waals surface area contributed by atoms with Gasteiger partial charge in [0.1, 0.15) is 0 Å². The molecule has 0 N–H and O–H groups in total. The van der Waals surface area contributed by atoms with Crippen molar-refractivity contribution in [3.8, 4) is 0 Å². The fraction of sp³-hybridized carbons (Fsp3) is 1.00. The molecule has 0 amide bonds. The van der Waals surface area contributed by atoms with Gasteiger partial charge >= 0.3 is 208 Å². The molecule has 0 rings (SSSR count). The van der Waals surface area contributed by atoms with Crippen LogP contribution in [0, 0.1) is 0 Å². The first kappa shape index (κ1) is 32.7. The van der Waals surface area contributed by atoms with Crippen LogP contribution in [0.15, 0.2) is 0 Å². The molecule has 0 aliphatic carbocycles. The van der Waals surface area contributed by atoms with Crippen molar-refractivity contribution in [1.29, 1.82) is 0 Å². The molecule has 0 spiro atoms. The molecule has 0 radical (unpaired) electrons. The van der Waals surface area contributed by atoms with E-state index >= 15 is 0 Å². The van der Waals surface area contributed by atoms with Gasteiger partial charge < -0.3 is 0 Å². The van der Waals surface area contributed by atoms with E-state index in [4.69, 9.17) is 38.8 Å². The third kappa shape index (κ3) is 14.6. The van der Waals surface area contributed by atoms with E-state index in [0.717, 1.165) is 36.4 Å². The average Bonchev–Trinajstić information content (AvgIpc) is 2.70. The molecule has 0 fully saturated rings. The molecule has 190 valence electrons. The zero-order valence-electron chi connectivity index (χ0n) is 20.7. The van der Waals surface area contributed by atoms with E-state index in [1.807, 2.05) is 64.3 Å². The van der Waals surface area contributed by atoms with Crippen LogP contribution in [0.2, 0.25) is 12.1 Å². The third-order valence-corrected chi connectivity index (χ3v) is 21.4. The Bertz CT molecular complexity index is 371. The van der Waals surface area contributed by atoms with E-state index in [2.05, 4.69) is 6.66 Å². The Kier molecular flexibility index (Phi) is 20.0. The van der Waals surface area contributed by atoms with Gasteiger partial charge in [-0.15, -0.1) is 0 Å². The van der Waals surface area contributed by atoms with E-state index in [1.165, 1.54) is 0 Å². The van der Waals surface area contributed by atoms with Crippen molar-refractivity contribution in [3.63, 3.8) is 0 Å². The quantitative estimate of drug-likeness (QED) is 0.0716. The minimum absolute atomic E-state index is 0.629. The van der Waals surface area contributed by atoms with Crippen molar-refractivity contribution >= 4 is 57.5 Å². The summed E-state index contributed by atoms with van der Waals surface area (Å²) in [6, 6.07) is 1.73. The Morgan fingerprint density at radius 2 is 0.839 bits per heavy atom. The summed E-state index contributed by atoms with van der Waals surface area (Å²) in [5.74, 6) is 2.10. The number of hydrogen-bond donors (Lipinski definition) is 1. The molecular weight excluding hydrogens is 508 g/mol. The first-order valence-electron chi connectivity index (χ1n) is 11.6. The zero-order valence-corrected chi connectivity index (χ0v) is 26.2. The van der Waals surface area contributed by atoms with Crippen LogP contribution < -0.4 is 0 Å². The van der Waals surface area contributed by atoms with Crippen molar-refractivity contribution in [2.75, 3.05) is 57.8 Å². The summed E-state index contributed by atoms with van der Waals surface area (Å²) in [6.45, 7) is 18.1. The Morgan fingerprint density at radius 3 is 1.06 bits per heavy atom. The summed E-state index contributed by atoms with van der Waals surface area (Å²) in [7, 11) is -5.07. The van der Waals surface area contributed by atoms with Gasteiger partial charge in [-0.05, 0) is 0 Å². The van der Waals surface area contributed by atoms with E-state index in [0.29, 0.717) is 39.6 Å². The Morgan fingerprint density at radius 1 is 0.581 bits per heavy atom. The van der Waals surface area contributed by atoms with Crippen LogP contribution in [0.5, 0.6) is 0 Å². The maximum absolute atomic E-state index is 5.95. The molecule has 0 saturated heterocycles. The molecule has 0 aromatic rings. The predicted octanol–water partition coefficient (Wildman–Crippen LogP) is 6.38. The molecule has 0 atom stereocenters. The van der Waals surface area contributed by atoms with Crippen molar-refractivity contribution in [2.24, 2.45) is 0 Å². The summed E-state index contributed by atoms with van der Waals surface area (Å²) in [5, 5.41) is 0. The van der Waals surface area contributed by atoms with Gasteiger partial charge in [-0.1, -0.05) is 0 Å². The van der Waals surface area contributed by atoms with Crippen LogP contribution >= 0.6 is 39.9 Å². The molecule has 0 aromatic carbocycles. The van der Waals surface area contributed by atoms with Crippen LogP contribution in [-0.4, -0.2) is 75.4 Å². The predicted molar refractivity (Wildman–Crippen MR) is 148 cm³/mol. The summed E-state index contributed by atoms with van der Waals surface area (Å²) < 4.78 is 35.7. The second kappa shape index (κ2) is 18.9. The maximum atomic E-state index is 5.95. The molecule has 0 saturated carbocycles. The van der Waals surface area contributed by atoms with E-state index in [-0.39, 0.29) is 0 Å². The second-order valence-electron chi connectivity index (χ2n) is 6.77. The average molecular weight is 555 g/mol. The standard InChI is InChI=1S/C19H47O6PS3Si2/c1-8-20-30(21-9-2,22-10-3)18-14-16-28-26(7,27)29-17-15-19-31(23-11-4,24-12-5)25-13-6/h26-27H,8-19H2,1-7H3. The van der Waals surface area contributed by atoms with Gasteiger partial charge in [0.25, 0.3) is 0 Å². The minimum atomic E-state index is -2.53. The third-order valence-electron chi connectivity index (χ3n) is 4.18. The molecule has 0 bridgehead atoms. The fourth-order valence-electron chi connectivity index (χ4n) is 3.14. The molecule has 31 heavy (non-hydrogen) atoms. The molecule has 0 aliphatic rings. The molecular formula is C19H47O6PS3Si2. The van der Waals surface area contributed by atoms with Gasteiger partial charge in [0.05, 0.1) is 0 Å². The summed E-state index contributed by atoms with van der Waals surface area (Å²) in [4.78, 5) is -1.69. The van der Waals surface area contributed by atoms with Crippen LogP contribution in [0.1, 0.15) is 54.4 Å². The first-order valence-corrected chi connectivity index (χ1v) is 22.7. The summed E-state index contributed by atoms with van der Waals surface area (Å²) in [5.41, 5.74) is 0. The molecule has 0 aliphatic heterocycles. The van der Waals surface area contributed by atoms with Crippen LogP contribution in [0.25, 0.3) is 0 Å². The summed E-state index contributed by atoms with van der Waals surface area (Å²) in [6.07, 6.45) is 2.05. The Balaban J connectivity index is 4.46. The van der Waals surface area contributed by atoms with Crippen LogP contribution in [0.4, 0.5) is 0 Å². The molecule has 12 heteroatoms. The van der Waals surface area contributed by atoms with E-state index in [9.17, 15) is 0 Å². The van der Waals surface area contributed by atoms with Crippen LogP contribution in [-0.2, 0) is 26.6 Å². The normalized spacial score (nSPS) is 13.7. The van der Waals surface area contributed by atoms with Crippen LogP contribution in [0.3, 0.4) is 0 Å². The topological polar surface area (TPSA) is 55.4 Å². The number of rotatable bonds is 22. The van der Waals surface area contributed by atoms with Crippen molar-refractivity contribution < 1.29 is 26.6 Å². The molecule has 0 heterocycles. The van der Waals surface area contributed by atoms with Gasteiger partial charge in [0.2, 0.25) is 0 Å². The van der Waals surface area contributed by atoms with Gasteiger partial charge in [0, 0.05) is 0 Å². The monoisotopic (exact) mass is 554 g/mol. The van der Waals surface area contributed by atoms with E-state index in [1.54, 1.807) is 0 Å². The number of thiol groups is 1. The first-order chi connectivity index (χ1) is 14.8. The SMILES string of the molecule is CCO[Si](CCCS[PH](C)(S)SCCC[Si](OCC)(OCC)OCC)(OCC)OCC. The number of hydrogen-bond acceptors (Lipinski definition) is 9.